The van der Waals surface area contributed by atoms with Gasteiger partial charge in [-0.25, -0.2) is 4.39 Å². The summed E-state index contributed by atoms with van der Waals surface area (Å²) in [5.74, 6) is -0.373. The number of nitrogens with zero attached hydrogens (tertiary/aromatic N) is 4. The predicted octanol–water partition coefficient (Wildman–Crippen LogP) is 4.24. The Kier molecular flexibility index (Phi) is 4.48. The minimum atomic E-state index is -1.69. The van der Waals surface area contributed by atoms with Crippen LogP contribution in [0.1, 0.15) is 42.8 Å². The maximum atomic E-state index is 14.8. The highest BCUT2D eigenvalue weighted by Gasteiger charge is 2.39. The quantitative estimate of drug-likeness (QED) is 0.687. The van der Waals surface area contributed by atoms with Crippen LogP contribution in [0.4, 0.5) is 4.39 Å². The first kappa shape index (κ1) is 17.1. The third-order valence-corrected chi connectivity index (χ3v) is 5.78. The zero-order valence-electron chi connectivity index (χ0n) is 14.5. The fraction of sp³-hybridized carbons (Fsp3) is 0.421. The molecule has 1 fully saturated rings. The van der Waals surface area contributed by atoms with Gasteiger partial charge in [0.2, 0.25) is 0 Å². The molecule has 2 aromatic heterocycles. The van der Waals surface area contributed by atoms with Gasteiger partial charge in [-0.3, -0.25) is 4.79 Å². The number of hydrogen-bond acceptors (Lipinski definition) is 6. The first-order chi connectivity index (χ1) is 12.5. The van der Waals surface area contributed by atoms with Gasteiger partial charge in [-0.1, -0.05) is 17.8 Å². The van der Waals surface area contributed by atoms with Crippen LogP contribution in [0.2, 0.25) is 0 Å². The molecule has 134 valence electrons. The number of benzene rings is 1. The molecule has 0 unspecified atom stereocenters. The van der Waals surface area contributed by atoms with Crippen molar-refractivity contribution >= 4 is 28.0 Å². The summed E-state index contributed by atoms with van der Waals surface area (Å²) < 4.78 is 14.8. The van der Waals surface area contributed by atoms with E-state index in [2.05, 4.69) is 20.4 Å². The Balaban J connectivity index is 1.61. The molecule has 0 aliphatic heterocycles. The van der Waals surface area contributed by atoms with Gasteiger partial charge in [0.15, 0.2) is 11.5 Å². The van der Waals surface area contributed by atoms with E-state index in [9.17, 15) is 9.18 Å². The fourth-order valence-corrected chi connectivity index (χ4v) is 4.12. The maximum Gasteiger partial charge on any atom is 0.175 e. The lowest BCUT2D eigenvalue weighted by Crippen LogP contribution is -2.37. The molecule has 5 nitrogen and oxygen atoms in total. The van der Waals surface area contributed by atoms with Crippen LogP contribution in [0.5, 0.6) is 0 Å². The number of carbonyl (C=O) groups is 1. The molecule has 1 aliphatic rings. The summed E-state index contributed by atoms with van der Waals surface area (Å²) in [6, 6.07) is 7.59. The number of carbonyl (C=O) groups excluding carboxylic acids is 1. The van der Waals surface area contributed by atoms with Crippen molar-refractivity contribution in [2.24, 2.45) is 0 Å². The van der Waals surface area contributed by atoms with Crippen molar-refractivity contribution in [3.8, 4) is 10.6 Å². The molecule has 1 aromatic carbocycles. The lowest BCUT2D eigenvalue weighted by Gasteiger charge is -2.27. The van der Waals surface area contributed by atoms with E-state index in [1.165, 1.54) is 11.3 Å². The van der Waals surface area contributed by atoms with Crippen molar-refractivity contribution in [2.75, 3.05) is 0 Å². The normalized spacial score (nSPS) is 16.7. The van der Waals surface area contributed by atoms with Gasteiger partial charge in [0.1, 0.15) is 10.0 Å². The molecule has 7 heteroatoms. The van der Waals surface area contributed by atoms with Crippen molar-refractivity contribution in [2.45, 2.75) is 51.1 Å². The minimum Gasteiger partial charge on any atom is -0.296 e. The van der Waals surface area contributed by atoms with E-state index < -0.39 is 5.67 Å². The number of Topliss-reactive ketones (excluding diaryl/α,β-unsaturated/α-hetero) is 1. The summed E-state index contributed by atoms with van der Waals surface area (Å²) >= 11 is 1.52. The standard InChI is InChI=1S/C19H19FN4OS/c1-12-21-24-18(26-12)13-5-6-16-14(9-13)10-15(22-23-16)11-17(25)19(20)7-3-2-4-8-19/h5-6,9-10H,2-4,7-8,11H2,1H3. The summed E-state index contributed by atoms with van der Waals surface area (Å²) in [5, 5.41) is 19.1. The Bertz CT molecular complexity index is 965. The van der Waals surface area contributed by atoms with E-state index >= 15 is 0 Å². The Morgan fingerprint density at radius 3 is 2.65 bits per heavy atom. The molecule has 4 rings (SSSR count). The third kappa shape index (κ3) is 3.35. The topological polar surface area (TPSA) is 68.6 Å². The van der Waals surface area contributed by atoms with Gasteiger partial charge in [0.05, 0.1) is 17.6 Å². The highest BCUT2D eigenvalue weighted by atomic mass is 32.1. The molecule has 0 bridgehead atoms. The van der Waals surface area contributed by atoms with Gasteiger partial charge in [0, 0.05) is 10.9 Å². The first-order valence-electron chi connectivity index (χ1n) is 8.83. The summed E-state index contributed by atoms with van der Waals surface area (Å²) in [6.45, 7) is 1.91. The average molecular weight is 370 g/mol. The highest BCUT2D eigenvalue weighted by molar-refractivity contribution is 7.14. The molecule has 0 amide bonds. The number of aromatic nitrogens is 4. The lowest BCUT2D eigenvalue weighted by atomic mass is 9.82. The van der Waals surface area contributed by atoms with E-state index in [-0.39, 0.29) is 12.2 Å². The van der Waals surface area contributed by atoms with Gasteiger partial charge in [0.25, 0.3) is 0 Å². The molecule has 0 atom stereocenters. The molecule has 1 saturated carbocycles. The summed E-state index contributed by atoms with van der Waals surface area (Å²) in [7, 11) is 0. The zero-order chi connectivity index (χ0) is 18.1. The summed E-state index contributed by atoms with van der Waals surface area (Å²) in [4.78, 5) is 12.5. The second-order valence-corrected chi connectivity index (χ2v) is 8.04. The van der Waals surface area contributed by atoms with Gasteiger partial charge < -0.3 is 0 Å². The van der Waals surface area contributed by atoms with E-state index in [1.54, 1.807) is 0 Å². The smallest absolute Gasteiger partial charge is 0.175 e. The fourth-order valence-electron chi connectivity index (χ4n) is 3.43. The number of alkyl halides is 1. The van der Waals surface area contributed by atoms with E-state index in [4.69, 9.17) is 0 Å². The van der Waals surface area contributed by atoms with Crippen LogP contribution in [0, 0.1) is 6.92 Å². The Morgan fingerprint density at radius 1 is 1.12 bits per heavy atom. The molecule has 26 heavy (non-hydrogen) atoms. The number of ketones is 1. The molecule has 0 saturated heterocycles. The van der Waals surface area contributed by atoms with Gasteiger partial charge >= 0.3 is 0 Å². The third-order valence-electron chi connectivity index (χ3n) is 4.90. The van der Waals surface area contributed by atoms with Gasteiger partial charge in [-0.2, -0.15) is 10.2 Å². The summed E-state index contributed by atoms with van der Waals surface area (Å²) in [5.41, 5.74) is 0.498. The first-order valence-corrected chi connectivity index (χ1v) is 9.64. The molecule has 2 heterocycles. The van der Waals surface area contributed by atoms with Crippen LogP contribution in [-0.4, -0.2) is 31.8 Å². The van der Waals surface area contributed by atoms with Crippen molar-refractivity contribution in [3.63, 3.8) is 0 Å². The molecular formula is C19H19FN4OS. The van der Waals surface area contributed by atoms with Crippen LogP contribution in [0.15, 0.2) is 24.3 Å². The Labute approximate surface area is 154 Å². The molecule has 3 aromatic rings. The zero-order valence-corrected chi connectivity index (χ0v) is 15.4. The van der Waals surface area contributed by atoms with Crippen molar-refractivity contribution in [1.82, 2.24) is 20.4 Å². The van der Waals surface area contributed by atoms with Gasteiger partial charge in [-0.15, -0.1) is 10.2 Å². The Hall–Kier alpha value is -2.28. The second-order valence-electron chi connectivity index (χ2n) is 6.86. The largest absolute Gasteiger partial charge is 0.296 e. The van der Waals surface area contributed by atoms with Crippen LogP contribution in [0.3, 0.4) is 0 Å². The van der Waals surface area contributed by atoms with Crippen LogP contribution >= 0.6 is 11.3 Å². The number of halogens is 1. The SMILES string of the molecule is Cc1nnc(-c2ccc3nnc(CC(=O)C4(F)CCCCC4)cc3c2)s1. The number of aryl methyl sites for hydroxylation is 1. The van der Waals surface area contributed by atoms with E-state index in [0.717, 1.165) is 45.7 Å². The van der Waals surface area contributed by atoms with Crippen LogP contribution < -0.4 is 0 Å². The number of rotatable bonds is 4. The van der Waals surface area contributed by atoms with Gasteiger partial charge in [-0.05, 0) is 56.9 Å². The predicted molar refractivity (Wildman–Crippen MR) is 98.8 cm³/mol. The molecular weight excluding hydrogens is 351 g/mol. The monoisotopic (exact) mass is 370 g/mol. The lowest BCUT2D eigenvalue weighted by molar-refractivity contribution is -0.132. The van der Waals surface area contributed by atoms with Crippen LogP contribution in [-0.2, 0) is 11.2 Å². The minimum absolute atomic E-state index is 0.0123. The molecule has 0 N–H and O–H groups in total. The van der Waals surface area contributed by atoms with Crippen LogP contribution in [0.25, 0.3) is 21.5 Å². The highest BCUT2D eigenvalue weighted by Crippen LogP contribution is 2.33. The number of hydrogen-bond donors (Lipinski definition) is 0. The van der Waals surface area contributed by atoms with E-state index in [1.807, 2.05) is 31.2 Å². The molecule has 0 radical (unpaired) electrons. The maximum absolute atomic E-state index is 14.8. The van der Waals surface area contributed by atoms with Crippen molar-refractivity contribution < 1.29 is 9.18 Å². The Morgan fingerprint density at radius 2 is 1.92 bits per heavy atom. The second kappa shape index (κ2) is 6.79. The summed E-state index contributed by atoms with van der Waals surface area (Å²) in [6.07, 6.45) is 3.19. The average Bonchev–Trinajstić information content (AvgIpc) is 3.08. The number of fused-ring (bicyclic) bond motifs is 1. The molecule has 0 spiro atoms. The van der Waals surface area contributed by atoms with Crippen molar-refractivity contribution in [3.05, 3.63) is 35.0 Å². The van der Waals surface area contributed by atoms with E-state index in [0.29, 0.717) is 18.5 Å². The van der Waals surface area contributed by atoms with Crippen molar-refractivity contribution in [1.29, 1.82) is 0 Å². The molecule has 1 aliphatic carbocycles.